The second-order valence-electron chi connectivity index (χ2n) is 6.70. The first-order chi connectivity index (χ1) is 12.0. The van der Waals surface area contributed by atoms with E-state index in [1.807, 2.05) is 0 Å². The summed E-state index contributed by atoms with van der Waals surface area (Å²) in [6.45, 7) is 3.06. The number of amides is 2. The van der Waals surface area contributed by atoms with Gasteiger partial charge in [-0.3, -0.25) is 14.4 Å². The van der Waals surface area contributed by atoms with E-state index in [0.717, 1.165) is 24.8 Å². The molecule has 1 aliphatic carbocycles. The number of aliphatic carboxylic acids is 1. The Morgan fingerprint density at radius 1 is 1.12 bits per heavy atom. The van der Waals surface area contributed by atoms with E-state index in [2.05, 4.69) is 17.6 Å². The molecule has 136 valence electrons. The van der Waals surface area contributed by atoms with E-state index < -0.39 is 11.4 Å². The number of unbranched alkanes of at least 4 members (excludes halogenated alkanes) is 1. The summed E-state index contributed by atoms with van der Waals surface area (Å²) in [5, 5.41) is 14.9. The van der Waals surface area contributed by atoms with Crippen LogP contribution in [0.1, 0.15) is 61.4 Å². The summed E-state index contributed by atoms with van der Waals surface area (Å²) >= 11 is 0. The largest absolute Gasteiger partial charge is 0.481 e. The predicted octanol–water partition coefficient (Wildman–Crippen LogP) is 2.48. The van der Waals surface area contributed by atoms with E-state index in [9.17, 15) is 19.5 Å². The Balaban J connectivity index is 1.80. The zero-order chi connectivity index (χ0) is 18.3. The predicted molar refractivity (Wildman–Crippen MR) is 94.1 cm³/mol. The van der Waals surface area contributed by atoms with Gasteiger partial charge in [0.1, 0.15) is 0 Å². The minimum Gasteiger partial charge on any atom is -0.481 e. The number of hydrogen-bond donors (Lipinski definition) is 3. The maximum atomic E-state index is 12.0. The third kappa shape index (κ3) is 5.05. The molecule has 1 aliphatic rings. The molecule has 1 aromatic rings. The molecule has 0 radical (unpaired) electrons. The number of carboxylic acid groups (broad SMARTS) is 1. The van der Waals surface area contributed by atoms with Crippen LogP contribution in [0.3, 0.4) is 0 Å². The molecule has 0 spiro atoms. The zero-order valence-corrected chi connectivity index (χ0v) is 14.6. The van der Waals surface area contributed by atoms with E-state index in [0.29, 0.717) is 31.5 Å². The fourth-order valence-corrected chi connectivity index (χ4v) is 2.90. The average molecular weight is 346 g/mol. The number of rotatable bonds is 9. The van der Waals surface area contributed by atoms with Gasteiger partial charge in [-0.1, -0.05) is 31.9 Å². The topological polar surface area (TPSA) is 95.5 Å². The average Bonchev–Trinajstić information content (AvgIpc) is 2.56. The Bertz CT molecular complexity index is 621. The highest BCUT2D eigenvalue weighted by molar-refractivity contribution is 5.94. The van der Waals surface area contributed by atoms with Gasteiger partial charge in [0.2, 0.25) is 5.91 Å². The number of carboxylic acids is 1. The van der Waals surface area contributed by atoms with Crippen LogP contribution in [-0.2, 0) is 16.1 Å². The lowest BCUT2D eigenvalue weighted by atomic mass is 9.66. The standard InChI is InChI=1S/C19H26N2O4/c1-2-3-11-20-17(23)15-7-5-14(6-8-15)13-21-16(22)12-19(18(24)25)9-4-10-19/h5-8H,2-4,9-13H2,1H3,(H,20,23)(H,21,22)(H,24,25). The molecule has 3 N–H and O–H groups in total. The lowest BCUT2D eigenvalue weighted by Gasteiger charge is -2.36. The van der Waals surface area contributed by atoms with Gasteiger partial charge in [0.15, 0.2) is 0 Å². The van der Waals surface area contributed by atoms with E-state index in [-0.39, 0.29) is 18.2 Å². The summed E-state index contributed by atoms with van der Waals surface area (Å²) in [7, 11) is 0. The lowest BCUT2D eigenvalue weighted by Crippen LogP contribution is -2.42. The van der Waals surface area contributed by atoms with Crippen LogP contribution in [0.25, 0.3) is 0 Å². The Kier molecular flexibility index (Phi) is 6.56. The Morgan fingerprint density at radius 2 is 1.80 bits per heavy atom. The first-order valence-electron chi connectivity index (χ1n) is 8.84. The van der Waals surface area contributed by atoms with E-state index in [1.54, 1.807) is 24.3 Å². The third-order valence-corrected chi connectivity index (χ3v) is 4.78. The lowest BCUT2D eigenvalue weighted by molar-refractivity contribution is -0.157. The Morgan fingerprint density at radius 3 is 2.32 bits per heavy atom. The molecule has 1 saturated carbocycles. The number of hydrogen-bond acceptors (Lipinski definition) is 3. The molecule has 0 aromatic heterocycles. The normalized spacial score (nSPS) is 15.1. The van der Waals surface area contributed by atoms with Crippen molar-refractivity contribution in [2.45, 2.75) is 52.0 Å². The molecule has 2 rings (SSSR count). The fraction of sp³-hybridized carbons (Fsp3) is 0.526. The maximum absolute atomic E-state index is 12.0. The molecular weight excluding hydrogens is 320 g/mol. The highest BCUT2D eigenvalue weighted by atomic mass is 16.4. The molecule has 6 heteroatoms. The highest BCUT2D eigenvalue weighted by Crippen LogP contribution is 2.44. The number of carbonyl (C=O) groups excluding carboxylic acids is 2. The van der Waals surface area contributed by atoms with Gasteiger partial charge in [-0.15, -0.1) is 0 Å². The van der Waals surface area contributed by atoms with Gasteiger partial charge in [0, 0.05) is 25.1 Å². The summed E-state index contributed by atoms with van der Waals surface area (Å²) < 4.78 is 0. The van der Waals surface area contributed by atoms with Crippen molar-refractivity contribution in [2.75, 3.05) is 6.54 Å². The van der Waals surface area contributed by atoms with Gasteiger partial charge < -0.3 is 15.7 Å². The van der Waals surface area contributed by atoms with Crippen molar-refractivity contribution in [3.8, 4) is 0 Å². The zero-order valence-electron chi connectivity index (χ0n) is 14.6. The van der Waals surface area contributed by atoms with Crippen molar-refractivity contribution in [1.29, 1.82) is 0 Å². The van der Waals surface area contributed by atoms with Gasteiger partial charge in [0.25, 0.3) is 5.91 Å². The van der Waals surface area contributed by atoms with Gasteiger partial charge >= 0.3 is 5.97 Å². The van der Waals surface area contributed by atoms with Crippen LogP contribution in [-0.4, -0.2) is 29.4 Å². The van der Waals surface area contributed by atoms with Crippen LogP contribution in [0.4, 0.5) is 0 Å². The summed E-state index contributed by atoms with van der Waals surface area (Å²) in [6.07, 6.45) is 4.01. The van der Waals surface area contributed by atoms with Crippen molar-refractivity contribution in [3.63, 3.8) is 0 Å². The molecule has 0 bridgehead atoms. The molecule has 0 atom stereocenters. The van der Waals surface area contributed by atoms with Gasteiger partial charge in [-0.05, 0) is 37.0 Å². The molecule has 6 nitrogen and oxygen atoms in total. The van der Waals surface area contributed by atoms with Crippen LogP contribution in [0.15, 0.2) is 24.3 Å². The third-order valence-electron chi connectivity index (χ3n) is 4.78. The smallest absolute Gasteiger partial charge is 0.310 e. The monoisotopic (exact) mass is 346 g/mol. The molecule has 0 aliphatic heterocycles. The molecule has 0 saturated heterocycles. The van der Waals surface area contributed by atoms with Crippen molar-refractivity contribution >= 4 is 17.8 Å². The van der Waals surface area contributed by atoms with Crippen molar-refractivity contribution in [3.05, 3.63) is 35.4 Å². The SMILES string of the molecule is CCCCNC(=O)c1ccc(CNC(=O)CC2(C(=O)O)CCC2)cc1. The molecule has 1 fully saturated rings. The first kappa shape index (κ1) is 19.0. The van der Waals surface area contributed by atoms with Crippen LogP contribution in [0.5, 0.6) is 0 Å². The molecule has 25 heavy (non-hydrogen) atoms. The summed E-state index contributed by atoms with van der Waals surface area (Å²) in [5.41, 5.74) is 0.590. The van der Waals surface area contributed by atoms with Crippen molar-refractivity contribution < 1.29 is 19.5 Å². The molecule has 2 amide bonds. The van der Waals surface area contributed by atoms with E-state index in [1.165, 1.54) is 0 Å². The fourth-order valence-electron chi connectivity index (χ4n) is 2.90. The Hall–Kier alpha value is -2.37. The minimum atomic E-state index is -0.882. The maximum Gasteiger partial charge on any atom is 0.310 e. The Labute approximate surface area is 148 Å². The van der Waals surface area contributed by atoms with Crippen molar-refractivity contribution in [1.82, 2.24) is 10.6 Å². The molecule has 1 aromatic carbocycles. The van der Waals surface area contributed by atoms with Crippen molar-refractivity contribution in [2.24, 2.45) is 5.41 Å². The van der Waals surface area contributed by atoms with E-state index in [4.69, 9.17) is 0 Å². The van der Waals surface area contributed by atoms with Gasteiger partial charge in [0.05, 0.1) is 5.41 Å². The van der Waals surface area contributed by atoms with Gasteiger partial charge in [-0.2, -0.15) is 0 Å². The number of carbonyl (C=O) groups is 3. The van der Waals surface area contributed by atoms with Crippen LogP contribution in [0.2, 0.25) is 0 Å². The van der Waals surface area contributed by atoms with Crippen LogP contribution < -0.4 is 10.6 Å². The van der Waals surface area contributed by atoms with Crippen LogP contribution >= 0.6 is 0 Å². The van der Waals surface area contributed by atoms with E-state index >= 15 is 0 Å². The second-order valence-corrected chi connectivity index (χ2v) is 6.70. The summed E-state index contributed by atoms with van der Waals surface area (Å²) in [6, 6.07) is 7.05. The molecule has 0 heterocycles. The number of benzene rings is 1. The molecule has 0 unspecified atom stereocenters. The first-order valence-corrected chi connectivity index (χ1v) is 8.84. The highest BCUT2D eigenvalue weighted by Gasteiger charge is 2.45. The second kappa shape index (κ2) is 8.65. The molecular formula is C19H26N2O4. The summed E-state index contributed by atoms with van der Waals surface area (Å²) in [4.78, 5) is 35.2. The quantitative estimate of drug-likeness (QED) is 0.599. The summed E-state index contributed by atoms with van der Waals surface area (Å²) in [5.74, 6) is -1.23. The van der Waals surface area contributed by atoms with Crippen LogP contribution in [0, 0.1) is 5.41 Å². The minimum absolute atomic E-state index is 0.0280. The van der Waals surface area contributed by atoms with Gasteiger partial charge in [-0.25, -0.2) is 0 Å². The number of nitrogens with one attached hydrogen (secondary N) is 2.